The number of hydrogen-bond donors (Lipinski definition) is 2. The summed E-state index contributed by atoms with van der Waals surface area (Å²) in [5.41, 5.74) is 3.06. The summed E-state index contributed by atoms with van der Waals surface area (Å²) in [4.78, 5) is 25.7. The summed E-state index contributed by atoms with van der Waals surface area (Å²) in [6.45, 7) is 7.98. The largest absolute Gasteiger partial charge is 0.356 e. The zero-order valence-corrected chi connectivity index (χ0v) is 14.3. The quantitative estimate of drug-likeness (QED) is 0.896. The van der Waals surface area contributed by atoms with Crippen molar-refractivity contribution in [2.45, 2.75) is 40.0 Å². The van der Waals surface area contributed by atoms with Gasteiger partial charge in [0.25, 0.3) is 0 Å². The van der Waals surface area contributed by atoms with Gasteiger partial charge in [-0.1, -0.05) is 19.1 Å². The molecule has 0 aliphatic carbocycles. The van der Waals surface area contributed by atoms with E-state index in [1.54, 1.807) is 0 Å². The number of carbonyl (C=O) groups excluding carboxylic acids is 2. The number of aryl methyl sites for hydroxylation is 2. The third-order valence-corrected chi connectivity index (χ3v) is 4.35. The van der Waals surface area contributed by atoms with E-state index in [0.717, 1.165) is 36.2 Å². The van der Waals surface area contributed by atoms with Gasteiger partial charge in [0.05, 0.1) is 0 Å². The summed E-state index contributed by atoms with van der Waals surface area (Å²) in [7, 11) is 0. The van der Waals surface area contributed by atoms with Gasteiger partial charge in [0.15, 0.2) is 0 Å². The standard InChI is InChI=1S/C18H27N3O2/c1-4-17(22)19-11-15-6-5-9-21(12-15)18(23)20-16-10-13(2)7-8-14(16)3/h7-8,10,15H,4-6,9,11-12H2,1-3H3,(H,19,22)(H,20,23). The summed E-state index contributed by atoms with van der Waals surface area (Å²) in [5.74, 6) is 0.408. The van der Waals surface area contributed by atoms with E-state index in [2.05, 4.69) is 10.6 Å². The number of nitrogens with one attached hydrogen (secondary N) is 2. The van der Waals surface area contributed by atoms with Crippen LogP contribution in [0, 0.1) is 19.8 Å². The molecule has 0 bridgehead atoms. The van der Waals surface area contributed by atoms with Crippen molar-refractivity contribution in [3.05, 3.63) is 29.3 Å². The molecule has 126 valence electrons. The van der Waals surface area contributed by atoms with Crippen molar-refractivity contribution < 1.29 is 9.59 Å². The molecule has 0 radical (unpaired) electrons. The van der Waals surface area contributed by atoms with Crippen molar-refractivity contribution in [2.75, 3.05) is 25.0 Å². The van der Waals surface area contributed by atoms with E-state index in [9.17, 15) is 9.59 Å². The van der Waals surface area contributed by atoms with Crippen molar-refractivity contribution in [2.24, 2.45) is 5.92 Å². The van der Waals surface area contributed by atoms with Gasteiger partial charge < -0.3 is 15.5 Å². The first-order valence-corrected chi connectivity index (χ1v) is 8.39. The monoisotopic (exact) mass is 317 g/mol. The lowest BCUT2D eigenvalue weighted by atomic mass is 9.98. The van der Waals surface area contributed by atoms with Crippen LogP contribution in [-0.4, -0.2) is 36.5 Å². The average Bonchev–Trinajstić information content (AvgIpc) is 2.56. The Kier molecular flexibility index (Phi) is 6.02. The van der Waals surface area contributed by atoms with Gasteiger partial charge >= 0.3 is 6.03 Å². The second kappa shape index (κ2) is 7.99. The molecule has 0 aromatic heterocycles. The lowest BCUT2D eigenvalue weighted by Gasteiger charge is -2.33. The van der Waals surface area contributed by atoms with Crippen molar-refractivity contribution in [3.63, 3.8) is 0 Å². The normalized spacial score (nSPS) is 17.7. The number of amides is 3. The molecule has 1 aliphatic heterocycles. The Labute approximate surface area is 138 Å². The van der Waals surface area contributed by atoms with Crippen LogP contribution in [0.15, 0.2) is 18.2 Å². The molecule has 5 nitrogen and oxygen atoms in total. The predicted octanol–water partition coefficient (Wildman–Crippen LogP) is 3.07. The molecular formula is C18H27N3O2. The Balaban J connectivity index is 1.91. The molecule has 1 atom stereocenters. The molecule has 2 rings (SSSR count). The maximum Gasteiger partial charge on any atom is 0.321 e. The number of likely N-dealkylation sites (tertiary alicyclic amines) is 1. The van der Waals surface area contributed by atoms with Gasteiger partial charge in [-0.2, -0.15) is 0 Å². The van der Waals surface area contributed by atoms with E-state index in [1.165, 1.54) is 0 Å². The van der Waals surface area contributed by atoms with Crippen molar-refractivity contribution in [3.8, 4) is 0 Å². The van der Waals surface area contributed by atoms with Crippen LogP contribution in [-0.2, 0) is 4.79 Å². The number of anilines is 1. The molecule has 0 spiro atoms. The predicted molar refractivity (Wildman–Crippen MR) is 92.5 cm³/mol. The highest BCUT2D eigenvalue weighted by Crippen LogP contribution is 2.20. The van der Waals surface area contributed by atoms with E-state index in [0.29, 0.717) is 25.4 Å². The Morgan fingerprint density at radius 3 is 2.83 bits per heavy atom. The number of urea groups is 1. The van der Waals surface area contributed by atoms with E-state index in [-0.39, 0.29) is 11.9 Å². The lowest BCUT2D eigenvalue weighted by Crippen LogP contribution is -2.45. The van der Waals surface area contributed by atoms with Gasteiger partial charge in [0, 0.05) is 31.7 Å². The van der Waals surface area contributed by atoms with Crippen LogP contribution in [0.25, 0.3) is 0 Å². The first-order chi connectivity index (χ1) is 11.0. The molecule has 1 saturated heterocycles. The van der Waals surface area contributed by atoms with Gasteiger partial charge in [0.2, 0.25) is 5.91 Å². The van der Waals surface area contributed by atoms with Crippen molar-refractivity contribution in [1.82, 2.24) is 10.2 Å². The van der Waals surface area contributed by atoms with E-state index in [1.807, 2.05) is 43.9 Å². The summed E-state index contributed by atoms with van der Waals surface area (Å²) in [6, 6.07) is 6.00. The Morgan fingerprint density at radius 1 is 1.30 bits per heavy atom. The minimum Gasteiger partial charge on any atom is -0.356 e. The van der Waals surface area contributed by atoms with E-state index in [4.69, 9.17) is 0 Å². The van der Waals surface area contributed by atoms with Crippen molar-refractivity contribution in [1.29, 1.82) is 0 Å². The summed E-state index contributed by atoms with van der Waals surface area (Å²) >= 11 is 0. The first kappa shape index (κ1) is 17.3. The molecule has 1 unspecified atom stereocenters. The third-order valence-electron chi connectivity index (χ3n) is 4.35. The zero-order chi connectivity index (χ0) is 16.8. The smallest absolute Gasteiger partial charge is 0.321 e. The molecule has 0 saturated carbocycles. The highest BCUT2D eigenvalue weighted by molar-refractivity contribution is 5.90. The van der Waals surface area contributed by atoms with Gasteiger partial charge in [0.1, 0.15) is 0 Å². The second-order valence-corrected chi connectivity index (χ2v) is 6.36. The Bertz CT molecular complexity index is 571. The summed E-state index contributed by atoms with van der Waals surface area (Å²) in [6.07, 6.45) is 2.54. The molecule has 23 heavy (non-hydrogen) atoms. The Hall–Kier alpha value is -2.04. The minimum absolute atomic E-state index is 0.0507. The van der Waals surface area contributed by atoms with Gasteiger partial charge in [-0.05, 0) is 49.8 Å². The SMILES string of the molecule is CCC(=O)NCC1CCCN(C(=O)Nc2cc(C)ccc2C)C1. The molecule has 1 aromatic rings. The van der Waals surface area contributed by atoms with E-state index >= 15 is 0 Å². The third kappa shape index (κ3) is 4.98. The highest BCUT2D eigenvalue weighted by Gasteiger charge is 2.24. The second-order valence-electron chi connectivity index (χ2n) is 6.36. The Morgan fingerprint density at radius 2 is 2.09 bits per heavy atom. The summed E-state index contributed by atoms with van der Waals surface area (Å²) < 4.78 is 0. The van der Waals surface area contributed by atoms with Crippen LogP contribution in [0.2, 0.25) is 0 Å². The maximum absolute atomic E-state index is 12.5. The number of carbonyl (C=O) groups is 2. The topological polar surface area (TPSA) is 61.4 Å². The number of rotatable bonds is 4. The fraction of sp³-hybridized carbons (Fsp3) is 0.556. The molecule has 5 heteroatoms. The molecule has 1 heterocycles. The van der Waals surface area contributed by atoms with Crippen LogP contribution in [0.3, 0.4) is 0 Å². The van der Waals surface area contributed by atoms with Crippen LogP contribution >= 0.6 is 0 Å². The summed E-state index contributed by atoms with van der Waals surface area (Å²) in [5, 5.41) is 5.95. The van der Waals surface area contributed by atoms with Crippen LogP contribution in [0.1, 0.15) is 37.3 Å². The fourth-order valence-electron chi connectivity index (χ4n) is 2.86. The fourth-order valence-corrected chi connectivity index (χ4v) is 2.86. The highest BCUT2D eigenvalue weighted by atomic mass is 16.2. The van der Waals surface area contributed by atoms with Crippen LogP contribution < -0.4 is 10.6 Å². The average molecular weight is 317 g/mol. The molecule has 1 aliphatic rings. The van der Waals surface area contributed by atoms with Crippen LogP contribution in [0.5, 0.6) is 0 Å². The number of hydrogen-bond acceptors (Lipinski definition) is 2. The van der Waals surface area contributed by atoms with Gasteiger partial charge in [-0.3, -0.25) is 4.79 Å². The number of piperidine rings is 1. The molecule has 3 amide bonds. The van der Waals surface area contributed by atoms with Crippen molar-refractivity contribution >= 4 is 17.6 Å². The molecule has 2 N–H and O–H groups in total. The first-order valence-electron chi connectivity index (χ1n) is 8.39. The van der Waals surface area contributed by atoms with Crippen LogP contribution in [0.4, 0.5) is 10.5 Å². The van der Waals surface area contributed by atoms with E-state index < -0.39 is 0 Å². The lowest BCUT2D eigenvalue weighted by molar-refractivity contribution is -0.121. The molecule has 1 aromatic carbocycles. The molecular weight excluding hydrogens is 290 g/mol. The van der Waals surface area contributed by atoms with Gasteiger partial charge in [-0.15, -0.1) is 0 Å². The maximum atomic E-state index is 12.5. The van der Waals surface area contributed by atoms with Gasteiger partial charge in [-0.25, -0.2) is 4.79 Å². The zero-order valence-electron chi connectivity index (χ0n) is 14.3. The minimum atomic E-state index is -0.0507. The molecule has 1 fully saturated rings. The number of benzene rings is 1. The number of nitrogens with zero attached hydrogens (tertiary/aromatic N) is 1.